The molecule has 18 heavy (non-hydrogen) atoms. The van der Waals surface area contributed by atoms with Crippen molar-refractivity contribution in [3.63, 3.8) is 0 Å². The monoisotopic (exact) mass is 366 g/mol. The summed E-state index contributed by atoms with van der Waals surface area (Å²) < 4.78 is 11.1. The van der Waals surface area contributed by atoms with Crippen molar-refractivity contribution in [2.75, 3.05) is 19.8 Å². The van der Waals surface area contributed by atoms with Gasteiger partial charge in [-0.05, 0) is 47.7 Å². The predicted octanol–water partition coefficient (Wildman–Crippen LogP) is 1.77. The molecule has 0 aliphatic rings. The molecule has 0 amide bonds. The van der Waals surface area contributed by atoms with E-state index in [0.717, 1.165) is 3.57 Å². The summed E-state index contributed by atoms with van der Waals surface area (Å²) in [5.74, 6) is -0.804. The van der Waals surface area contributed by atoms with Crippen LogP contribution in [0.5, 0.6) is 5.75 Å². The summed E-state index contributed by atoms with van der Waals surface area (Å²) in [5, 5.41) is 18.6. The van der Waals surface area contributed by atoms with Crippen LogP contribution in [0, 0.1) is 3.57 Å². The van der Waals surface area contributed by atoms with Gasteiger partial charge in [0.15, 0.2) is 0 Å². The Morgan fingerprint density at radius 3 is 2.78 bits per heavy atom. The van der Waals surface area contributed by atoms with E-state index in [0.29, 0.717) is 6.61 Å². The highest BCUT2D eigenvalue weighted by Gasteiger charge is 2.13. The summed E-state index contributed by atoms with van der Waals surface area (Å²) >= 11 is 2.03. The van der Waals surface area contributed by atoms with Crippen LogP contribution in [-0.2, 0) is 4.74 Å². The maximum absolute atomic E-state index is 11.0. The van der Waals surface area contributed by atoms with Crippen LogP contribution in [0.3, 0.4) is 0 Å². The van der Waals surface area contributed by atoms with E-state index >= 15 is 0 Å². The van der Waals surface area contributed by atoms with Crippen LogP contribution in [0.4, 0.5) is 0 Å². The van der Waals surface area contributed by atoms with E-state index in [1.165, 1.54) is 6.07 Å². The third kappa shape index (κ3) is 4.79. The fraction of sp³-hybridized carbons (Fsp3) is 0.417. The molecule has 1 rings (SSSR count). The Kier molecular flexibility index (Phi) is 6.37. The van der Waals surface area contributed by atoms with Gasteiger partial charge in [0.25, 0.3) is 0 Å². The van der Waals surface area contributed by atoms with E-state index in [4.69, 9.17) is 14.6 Å². The van der Waals surface area contributed by atoms with Crippen molar-refractivity contribution < 1.29 is 24.5 Å². The first-order valence-corrected chi connectivity index (χ1v) is 6.54. The molecule has 0 spiro atoms. The Balaban J connectivity index is 2.64. The van der Waals surface area contributed by atoms with Crippen LogP contribution in [0.25, 0.3) is 0 Å². The molecule has 0 aliphatic heterocycles. The van der Waals surface area contributed by atoms with E-state index in [1.807, 2.05) is 29.5 Å². The molecule has 1 unspecified atom stereocenters. The van der Waals surface area contributed by atoms with Gasteiger partial charge in [-0.25, -0.2) is 4.79 Å². The molecule has 1 atom stereocenters. The molecule has 1 aromatic carbocycles. The summed E-state index contributed by atoms with van der Waals surface area (Å²) in [5.41, 5.74) is 0.0884. The van der Waals surface area contributed by atoms with Crippen LogP contribution in [0.2, 0.25) is 0 Å². The number of aromatic carboxylic acids is 1. The van der Waals surface area contributed by atoms with Gasteiger partial charge in [0.05, 0.1) is 6.61 Å². The zero-order valence-electron chi connectivity index (χ0n) is 9.93. The molecule has 0 aliphatic carbocycles. The molecule has 0 radical (unpaired) electrons. The number of carboxylic acids is 1. The summed E-state index contributed by atoms with van der Waals surface area (Å²) in [6, 6.07) is 4.85. The number of halogens is 1. The molecule has 0 aromatic heterocycles. The van der Waals surface area contributed by atoms with E-state index in [1.54, 1.807) is 12.1 Å². The van der Waals surface area contributed by atoms with Crippen LogP contribution >= 0.6 is 22.6 Å². The molecule has 0 saturated heterocycles. The van der Waals surface area contributed by atoms with Gasteiger partial charge >= 0.3 is 5.97 Å². The number of benzene rings is 1. The summed E-state index contributed by atoms with van der Waals surface area (Å²) in [7, 11) is 0. The minimum Gasteiger partial charge on any atom is -0.490 e. The van der Waals surface area contributed by atoms with Gasteiger partial charge in [-0.3, -0.25) is 0 Å². The number of hydrogen-bond donors (Lipinski definition) is 2. The number of rotatable bonds is 7. The third-order valence-electron chi connectivity index (χ3n) is 2.12. The number of carbonyl (C=O) groups is 1. The Morgan fingerprint density at radius 2 is 2.17 bits per heavy atom. The van der Waals surface area contributed by atoms with Crippen molar-refractivity contribution in [1.82, 2.24) is 0 Å². The lowest BCUT2D eigenvalue weighted by atomic mass is 10.2. The summed E-state index contributed by atoms with van der Waals surface area (Å²) in [4.78, 5) is 11.0. The van der Waals surface area contributed by atoms with Crippen LogP contribution in [0.1, 0.15) is 17.3 Å². The van der Waals surface area contributed by atoms with Crippen molar-refractivity contribution >= 4 is 28.6 Å². The second kappa shape index (κ2) is 7.55. The number of carboxylic acid groups (broad SMARTS) is 1. The lowest BCUT2D eigenvalue weighted by Crippen LogP contribution is -2.24. The fourth-order valence-corrected chi connectivity index (χ4v) is 1.77. The van der Waals surface area contributed by atoms with Gasteiger partial charge in [-0.1, -0.05) is 0 Å². The van der Waals surface area contributed by atoms with Crippen LogP contribution < -0.4 is 4.74 Å². The number of aliphatic hydroxyl groups is 1. The lowest BCUT2D eigenvalue weighted by Gasteiger charge is -2.13. The predicted molar refractivity (Wildman–Crippen MR) is 74.1 cm³/mol. The van der Waals surface area contributed by atoms with Gasteiger partial charge in [0, 0.05) is 10.2 Å². The van der Waals surface area contributed by atoms with Crippen LogP contribution in [0.15, 0.2) is 18.2 Å². The molecule has 1 aromatic rings. The van der Waals surface area contributed by atoms with Crippen molar-refractivity contribution in [2.24, 2.45) is 0 Å². The van der Waals surface area contributed by atoms with Gasteiger partial charge in [-0.15, -0.1) is 0 Å². The first-order chi connectivity index (χ1) is 8.54. The Hall–Kier alpha value is -0.860. The molecule has 6 heteroatoms. The minimum atomic E-state index is -1.05. The highest BCUT2D eigenvalue weighted by Crippen LogP contribution is 2.21. The topological polar surface area (TPSA) is 76.0 Å². The molecular weight excluding hydrogens is 351 g/mol. The summed E-state index contributed by atoms with van der Waals surface area (Å²) in [6.45, 7) is 2.51. The quantitative estimate of drug-likeness (QED) is 0.720. The van der Waals surface area contributed by atoms with Crippen LogP contribution in [-0.4, -0.2) is 42.1 Å². The molecule has 0 saturated carbocycles. The number of ether oxygens (including phenoxy) is 2. The van der Waals surface area contributed by atoms with E-state index in [9.17, 15) is 9.90 Å². The Bertz CT molecular complexity index is 407. The minimum absolute atomic E-state index is 0.000865. The number of hydrogen-bond acceptors (Lipinski definition) is 4. The second-order valence-electron chi connectivity index (χ2n) is 3.57. The molecule has 0 bridgehead atoms. The highest BCUT2D eigenvalue weighted by atomic mass is 127. The molecule has 2 N–H and O–H groups in total. The SMILES string of the molecule is CCOCC(O)COc1ccc(I)cc1C(=O)O. The zero-order chi connectivity index (χ0) is 13.5. The normalized spacial score (nSPS) is 12.2. The zero-order valence-corrected chi connectivity index (χ0v) is 12.1. The van der Waals surface area contributed by atoms with Crippen molar-refractivity contribution in [3.05, 3.63) is 27.3 Å². The average molecular weight is 366 g/mol. The van der Waals surface area contributed by atoms with Gasteiger partial charge in [0.1, 0.15) is 24.0 Å². The Labute approximate surface area is 119 Å². The standard InChI is InChI=1S/C12H15IO5/c1-2-17-6-9(14)7-18-11-4-3-8(13)5-10(11)12(15)16/h3-5,9,14H,2,6-7H2,1H3,(H,15,16). The molecule has 100 valence electrons. The van der Waals surface area contributed by atoms with E-state index in [-0.39, 0.29) is 24.5 Å². The van der Waals surface area contributed by atoms with Crippen molar-refractivity contribution in [2.45, 2.75) is 13.0 Å². The van der Waals surface area contributed by atoms with Crippen molar-refractivity contribution in [3.8, 4) is 5.75 Å². The first-order valence-electron chi connectivity index (χ1n) is 5.46. The molecule has 5 nitrogen and oxygen atoms in total. The highest BCUT2D eigenvalue weighted by molar-refractivity contribution is 14.1. The maximum Gasteiger partial charge on any atom is 0.339 e. The van der Waals surface area contributed by atoms with Gasteiger partial charge < -0.3 is 19.7 Å². The largest absolute Gasteiger partial charge is 0.490 e. The molecule has 0 heterocycles. The second-order valence-corrected chi connectivity index (χ2v) is 4.82. The summed E-state index contributed by atoms with van der Waals surface area (Å²) in [6.07, 6.45) is -0.772. The lowest BCUT2D eigenvalue weighted by molar-refractivity contribution is 0.0161. The van der Waals surface area contributed by atoms with E-state index < -0.39 is 12.1 Å². The number of aliphatic hydroxyl groups excluding tert-OH is 1. The van der Waals surface area contributed by atoms with Gasteiger partial charge in [0.2, 0.25) is 0 Å². The van der Waals surface area contributed by atoms with E-state index in [2.05, 4.69) is 0 Å². The first kappa shape index (κ1) is 15.2. The van der Waals surface area contributed by atoms with Gasteiger partial charge in [-0.2, -0.15) is 0 Å². The Morgan fingerprint density at radius 1 is 1.44 bits per heavy atom. The smallest absolute Gasteiger partial charge is 0.339 e. The maximum atomic E-state index is 11.0. The molecular formula is C12H15IO5. The van der Waals surface area contributed by atoms with Crippen molar-refractivity contribution in [1.29, 1.82) is 0 Å². The third-order valence-corrected chi connectivity index (χ3v) is 2.79. The average Bonchev–Trinajstić information content (AvgIpc) is 2.34. The molecule has 0 fully saturated rings. The fourth-order valence-electron chi connectivity index (χ4n) is 1.28.